The lowest BCUT2D eigenvalue weighted by molar-refractivity contribution is -0.120. The van der Waals surface area contributed by atoms with Crippen molar-refractivity contribution in [3.63, 3.8) is 0 Å². The van der Waals surface area contributed by atoms with E-state index < -0.39 is 5.25 Å². The monoisotopic (exact) mass is 465 g/mol. The molecule has 1 unspecified atom stereocenters. The van der Waals surface area contributed by atoms with Crippen LogP contribution in [0.3, 0.4) is 0 Å². The Labute approximate surface area is 192 Å². The fraction of sp³-hybridized carbons (Fsp3) is 0.208. The Morgan fingerprint density at radius 1 is 1.19 bits per heavy atom. The van der Waals surface area contributed by atoms with Gasteiger partial charge in [-0.2, -0.15) is 0 Å². The summed E-state index contributed by atoms with van der Waals surface area (Å²) in [6.45, 7) is 0. The van der Waals surface area contributed by atoms with Gasteiger partial charge in [-0.05, 0) is 42.2 Å². The molecule has 1 amide bonds. The third-order valence-electron chi connectivity index (χ3n) is 5.35. The molecule has 1 aliphatic carbocycles. The van der Waals surface area contributed by atoms with E-state index in [0.29, 0.717) is 20.9 Å². The highest BCUT2D eigenvalue weighted by molar-refractivity contribution is 8.00. The molecule has 1 N–H and O–H groups in total. The van der Waals surface area contributed by atoms with Crippen molar-refractivity contribution in [2.45, 2.75) is 29.3 Å². The van der Waals surface area contributed by atoms with Gasteiger partial charge in [-0.1, -0.05) is 54.2 Å². The van der Waals surface area contributed by atoms with Gasteiger partial charge < -0.3 is 5.32 Å². The Kier molecular flexibility index (Phi) is 5.57. The Bertz CT molecular complexity index is 1350. The summed E-state index contributed by atoms with van der Waals surface area (Å²) in [5.41, 5.74) is 1.54. The molecular formula is C24H20FN3O2S2. The van der Waals surface area contributed by atoms with Crippen LogP contribution in [0.5, 0.6) is 0 Å². The van der Waals surface area contributed by atoms with Gasteiger partial charge >= 0.3 is 0 Å². The fourth-order valence-electron chi connectivity index (χ4n) is 3.42. The predicted molar refractivity (Wildman–Crippen MR) is 126 cm³/mol. The van der Waals surface area contributed by atoms with Crippen LogP contribution in [0.25, 0.3) is 20.7 Å². The number of halogens is 1. The summed E-state index contributed by atoms with van der Waals surface area (Å²) in [6.07, 6.45) is 1.93. The smallest absolute Gasteiger partial charge is 0.262 e. The molecular weight excluding hydrogens is 445 g/mol. The molecule has 0 bridgehead atoms. The minimum Gasteiger partial charge on any atom is -0.352 e. The van der Waals surface area contributed by atoms with E-state index >= 15 is 0 Å². The number of nitrogens with one attached hydrogen (secondary N) is 1. The van der Waals surface area contributed by atoms with Gasteiger partial charge in [0.1, 0.15) is 15.9 Å². The van der Waals surface area contributed by atoms with Gasteiger partial charge in [0.15, 0.2) is 5.16 Å². The molecule has 5 nitrogen and oxygen atoms in total. The Hall–Kier alpha value is -2.97. The first-order chi connectivity index (χ1) is 15.5. The predicted octanol–water partition coefficient (Wildman–Crippen LogP) is 4.91. The molecule has 2 heterocycles. The molecule has 162 valence electrons. The van der Waals surface area contributed by atoms with Crippen molar-refractivity contribution in [1.82, 2.24) is 14.9 Å². The summed E-state index contributed by atoms with van der Waals surface area (Å²) >= 11 is 2.66. The van der Waals surface area contributed by atoms with Crippen LogP contribution in [0.15, 0.2) is 70.6 Å². The lowest BCUT2D eigenvalue weighted by atomic mass is 10.1. The standard InChI is InChI=1S/C24H20FN3O2S2/c1-28-23(30)18-13-19(14-5-3-2-4-6-14)31-22(18)27-24(28)32-20(21(29)26-17-11-12-17)15-7-9-16(25)10-8-15/h2-10,13,17,20H,11-12H2,1H3,(H,26,29). The van der Waals surface area contributed by atoms with E-state index in [4.69, 9.17) is 4.98 Å². The second-order valence-electron chi connectivity index (χ2n) is 7.79. The molecule has 1 aliphatic rings. The second-order valence-corrected chi connectivity index (χ2v) is 9.89. The van der Waals surface area contributed by atoms with Crippen molar-refractivity contribution in [1.29, 1.82) is 0 Å². The molecule has 2 aromatic carbocycles. The highest BCUT2D eigenvalue weighted by atomic mass is 32.2. The topological polar surface area (TPSA) is 64.0 Å². The third-order valence-corrected chi connectivity index (χ3v) is 7.72. The van der Waals surface area contributed by atoms with Crippen molar-refractivity contribution in [2.24, 2.45) is 7.05 Å². The van der Waals surface area contributed by atoms with E-state index in [1.54, 1.807) is 19.2 Å². The highest BCUT2D eigenvalue weighted by Gasteiger charge is 2.30. The van der Waals surface area contributed by atoms with Crippen LogP contribution in [0.4, 0.5) is 4.39 Å². The lowest BCUT2D eigenvalue weighted by Gasteiger charge is -2.17. The highest BCUT2D eigenvalue weighted by Crippen LogP contribution is 2.37. The number of aromatic nitrogens is 2. The van der Waals surface area contributed by atoms with Gasteiger partial charge in [0.05, 0.1) is 5.39 Å². The number of fused-ring (bicyclic) bond motifs is 1. The van der Waals surface area contributed by atoms with Crippen LogP contribution in [0.2, 0.25) is 0 Å². The van der Waals surface area contributed by atoms with Crippen LogP contribution in [0, 0.1) is 5.82 Å². The first-order valence-electron chi connectivity index (χ1n) is 10.3. The number of carbonyl (C=O) groups is 1. The number of hydrogen-bond donors (Lipinski definition) is 1. The summed E-state index contributed by atoms with van der Waals surface area (Å²) in [7, 11) is 1.66. The number of thioether (sulfide) groups is 1. The number of carbonyl (C=O) groups excluding carboxylic acids is 1. The molecule has 8 heteroatoms. The van der Waals surface area contributed by atoms with Crippen LogP contribution in [-0.2, 0) is 11.8 Å². The zero-order valence-corrected chi connectivity index (χ0v) is 18.9. The van der Waals surface area contributed by atoms with Crippen molar-refractivity contribution >= 4 is 39.2 Å². The molecule has 32 heavy (non-hydrogen) atoms. The molecule has 0 saturated heterocycles. The Balaban J connectivity index is 1.54. The van der Waals surface area contributed by atoms with Gasteiger partial charge in [0.25, 0.3) is 5.56 Å². The van der Waals surface area contributed by atoms with E-state index in [1.807, 2.05) is 36.4 Å². The molecule has 5 rings (SSSR count). The van der Waals surface area contributed by atoms with Gasteiger partial charge in [-0.3, -0.25) is 14.2 Å². The van der Waals surface area contributed by atoms with Crippen molar-refractivity contribution in [3.05, 3.63) is 82.4 Å². The maximum atomic E-state index is 13.5. The minimum absolute atomic E-state index is 0.156. The summed E-state index contributed by atoms with van der Waals surface area (Å²) in [6, 6.07) is 17.8. The van der Waals surface area contributed by atoms with E-state index in [2.05, 4.69) is 5.32 Å². The molecule has 1 saturated carbocycles. The van der Waals surface area contributed by atoms with Gasteiger partial charge in [0.2, 0.25) is 5.91 Å². The zero-order chi connectivity index (χ0) is 22.2. The molecule has 0 spiro atoms. The SMILES string of the molecule is Cn1c(SC(C(=O)NC2CC2)c2ccc(F)cc2)nc2sc(-c3ccccc3)cc2c1=O. The number of thiophene rings is 1. The van der Waals surface area contributed by atoms with Crippen molar-refractivity contribution in [2.75, 3.05) is 0 Å². The van der Waals surface area contributed by atoms with Crippen molar-refractivity contribution < 1.29 is 9.18 Å². The molecule has 0 radical (unpaired) electrons. The quantitative estimate of drug-likeness (QED) is 0.325. The fourth-order valence-corrected chi connectivity index (χ4v) is 5.57. The number of nitrogens with zero attached hydrogens (tertiary/aromatic N) is 2. The van der Waals surface area contributed by atoms with E-state index in [-0.39, 0.29) is 23.3 Å². The third kappa shape index (κ3) is 4.20. The number of benzene rings is 2. The molecule has 1 fully saturated rings. The maximum Gasteiger partial charge on any atom is 0.262 e. The molecule has 1 atom stereocenters. The Morgan fingerprint density at radius 2 is 1.91 bits per heavy atom. The largest absolute Gasteiger partial charge is 0.352 e. The number of hydrogen-bond acceptors (Lipinski definition) is 5. The van der Waals surface area contributed by atoms with E-state index in [9.17, 15) is 14.0 Å². The van der Waals surface area contributed by atoms with E-state index in [1.165, 1.54) is 39.8 Å². The summed E-state index contributed by atoms with van der Waals surface area (Å²) in [5, 5.41) is 3.38. The first-order valence-corrected chi connectivity index (χ1v) is 12.0. The second kappa shape index (κ2) is 8.52. The van der Waals surface area contributed by atoms with Crippen LogP contribution < -0.4 is 10.9 Å². The van der Waals surface area contributed by atoms with Crippen LogP contribution in [0.1, 0.15) is 23.7 Å². The Morgan fingerprint density at radius 3 is 2.59 bits per heavy atom. The van der Waals surface area contributed by atoms with Gasteiger partial charge in [-0.15, -0.1) is 11.3 Å². The maximum absolute atomic E-state index is 13.5. The molecule has 4 aromatic rings. The van der Waals surface area contributed by atoms with Gasteiger partial charge in [-0.25, -0.2) is 9.37 Å². The zero-order valence-electron chi connectivity index (χ0n) is 17.2. The van der Waals surface area contributed by atoms with Gasteiger partial charge in [0, 0.05) is 18.0 Å². The average Bonchev–Trinajstić information content (AvgIpc) is 3.51. The average molecular weight is 466 g/mol. The molecule has 0 aliphatic heterocycles. The van der Waals surface area contributed by atoms with Crippen molar-refractivity contribution in [3.8, 4) is 10.4 Å². The van der Waals surface area contributed by atoms with Crippen LogP contribution >= 0.6 is 23.1 Å². The number of rotatable bonds is 6. The van der Waals surface area contributed by atoms with Crippen LogP contribution in [-0.4, -0.2) is 21.5 Å². The summed E-state index contributed by atoms with van der Waals surface area (Å²) in [4.78, 5) is 32.4. The summed E-state index contributed by atoms with van der Waals surface area (Å²) < 4.78 is 14.9. The first kappa shape index (κ1) is 20.9. The normalized spacial score (nSPS) is 14.4. The summed E-state index contributed by atoms with van der Waals surface area (Å²) in [5.74, 6) is -0.520. The van der Waals surface area contributed by atoms with E-state index in [0.717, 1.165) is 23.3 Å². The lowest BCUT2D eigenvalue weighted by Crippen LogP contribution is -2.30. The minimum atomic E-state index is -0.639. The number of amides is 1. The molecule has 2 aromatic heterocycles.